The van der Waals surface area contributed by atoms with E-state index in [4.69, 9.17) is 0 Å². The fourth-order valence-electron chi connectivity index (χ4n) is 2.54. The van der Waals surface area contributed by atoms with Crippen LogP contribution in [0.25, 0.3) is 0 Å². The number of aliphatic carboxylic acids is 1. The van der Waals surface area contributed by atoms with Crippen molar-refractivity contribution in [1.82, 2.24) is 4.90 Å². The van der Waals surface area contributed by atoms with Gasteiger partial charge in [0.05, 0.1) is 0 Å². The third-order valence-corrected chi connectivity index (χ3v) is 3.66. The highest BCUT2D eigenvalue weighted by molar-refractivity contribution is 5.81. The molecular weight excluding hydrogens is 206 g/mol. The van der Waals surface area contributed by atoms with Crippen LogP contribution < -0.4 is 0 Å². The first-order valence-corrected chi connectivity index (χ1v) is 5.91. The van der Waals surface area contributed by atoms with Gasteiger partial charge in [-0.3, -0.25) is 4.79 Å². The van der Waals surface area contributed by atoms with Gasteiger partial charge in [-0.2, -0.15) is 0 Å². The van der Waals surface area contributed by atoms with E-state index >= 15 is 0 Å². The van der Waals surface area contributed by atoms with Crippen LogP contribution in [-0.2, 0) is 9.59 Å². The lowest BCUT2D eigenvalue weighted by Gasteiger charge is -2.44. The number of carboxylic acids is 1. The average Bonchev–Trinajstić information content (AvgIpc) is 2.21. The molecule has 16 heavy (non-hydrogen) atoms. The third-order valence-electron chi connectivity index (χ3n) is 3.66. The molecule has 0 aliphatic heterocycles. The molecule has 1 rings (SSSR count). The van der Waals surface area contributed by atoms with Crippen LogP contribution in [0.3, 0.4) is 0 Å². The predicted molar refractivity (Wildman–Crippen MR) is 61.0 cm³/mol. The number of nitrogens with zero attached hydrogens (tertiary/aromatic N) is 1. The highest BCUT2D eigenvalue weighted by Gasteiger charge is 2.46. The van der Waals surface area contributed by atoms with Crippen LogP contribution in [-0.4, -0.2) is 34.0 Å². The van der Waals surface area contributed by atoms with E-state index in [1.165, 1.54) is 4.90 Å². The van der Waals surface area contributed by atoms with Crippen molar-refractivity contribution < 1.29 is 14.7 Å². The zero-order chi connectivity index (χ0) is 12.3. The topological polar surface area (TPSA) is 57.6 Å². The first-order valence-electron chi connectivity index (χ1n) is 5.91. The lowest BCUT2D eigenvalue weighted by molar-refractivity contribution is -0.160. The molecule has 1 aliphatic rings. The minimum atomic E-state index is -0.970. The molecule has 4 nitrogen and oxygen atoms in total. The van der Waals surface area contributed by atoms with Gasteiger partial charge in [0, 0.05) is 6.04 Å². The Balaban J connectivity index is 2.96. The lowest BCUT2D eigenvalue weighted by atomic mass is 9.75. The first kappa shape index (κ1) is 13.0. The van der Waals surface area contributed by atoms with E-state index in [0.717, 1.165) is 12.8 Å². The maximum absolute atomic E-state index is 11.5. The van der Waals surface area contributed by atoms with E-state index in [-0.39, 0.29) is 6.04 Å². The molecule has 1 fully saturated rings. The van der Waals surface area contributed by atoms with Crippen molar-refractivity contribution in [2.24, 2.45) is 5.92 Å². The normalized spacial score (nSPS) is 30.1. The van der Waals surface area contributed by atoms with Crippen LogP contribution in [0.15, 0.2) is 0 Å². The van der Waals surface area contributed by atoms with Gasteiger partial charge in [-0.1, -0.05) is 6.92 Å². The van der Waals surface area contributed by atoms with Gasteiger partial charge in [0.25, 0.3) is 0 Å². The molecule has 1 saturated carbocycles. The quantitative estimate of drug-likeness (QED) is 0.746. The molecule has 0 aromatic carbocycles. The van der Waals surface area contributed by atoms with Gasteiger partial charge in [-0.15, -0.1) is 0 Å². The minimum absolute atomic E-state index is 0.0676. The van der Waals surface area contributed by atoms with E-state index in [2.05, 4.69) is 6.92 Å². The Morgan fingerprint density at radius 3 is 2.25 bits per heavy atom. The summed E-state index contributed by atoms with van der Waals surface area (Å²) in [5.41, 5.74) is -0.970. The molecule has 0 aromatic rings. The number of carbonyl (C=O) groups excluding carboxylic acids is 1. The van der Waals surface area contributed by atoms with Gasteiger partial charge in [0.2, 0.25) is 6.41 Å². The van der Waals surface area contributed by atoms with Crippen molar-refractivity contribution in [2.75, 3.05) is 0 Å². The number of amides is 1. The fourth-order valence-corrected chi connectivity index (χ4v) is 2.54. The second kappa shape index (κ2) is 4.85. The molecule has 0 unspecified atom stereocenters. The summed E-state index contributed by atoms with van der Waals surface area (Å²) in [4.78, 5) is 24.1. The van der Waals surface area contributed by atoms with Crippen LogP contribution in [0.2, 0.25) is 0 Å². The molecular formula is C12H21NO3. The van der Waals surface area contributed by atoms with Gasteiger partial charge in [-0.25, -0.2) is 4.79 Å². The van der Waals surface area contributed by atoms with Crippen molar-refractivity contribution in [3.63, 3.8) is 0 Å². The monoisotopic (exact) mass is 227 g/mol. The van der Waals surface area contributed by atoms with Gasteiger partial charge in [0.15, 0.2) is 0 Å². The summed E-state index contributed by atoms with van der Waals surface area (Å²) >= 11 is 0. The van der Waals surface area contributed by atoms with Crippen molar-refractivity contribution in [1.29, 1.82) is 0 Å². The summed E-state index contributed by atoms with van der Waals surface area (Å²) in [5, 5.41) is 9.42. The summed E-state index contributed by atoms with van der Waals surface area (Å²) in [6, 6.07) is -0.0676. The van der Waals surface area contributed by atoms with Crippen LogP contribution in [0.1, 0.15) is 46.5 Å². The molecule has 1 N–H and O–H groups in total. The van der Waals surface area contributed by atoms with E-state index in [0.29, 0.717) is 25.2 Å². The lowest BCUT2D eigenvalue weighted by Crippen LogP contribution is -2.58. The molecule has 0 aromatic heterocycles. The molecule has 0 radical (unpaired) electrons. The van der Waals surface area contributed by atoms with Gasteiger partial charge in [-0.05, 0) is 45.4 Å². The Morgan fingerprint density at radius 1 is 1.44 bits per heavy atom. The zero-order valence-corrected chi connectivity index (χ0v) is 10.3. The van der Waals surface area contributed by atoms with Crippen LogP contribution in [0.4, 0.5) is 0 Å². The summed E-state index contributed by atoms with van der Waals surface area (Å²) < 4.78 is 0. The Labute approximate surface area is 96.6 Å². The first-order chi connectivity index (χ1) is 7.44. The summed E-state index contributed by atoms with van der Waals surface area (Å²) in [7, 11) is 0. The molecule has 0 spiro atoms. The standard InChI is InChI=1S/C12H21NO3/c1-9(2)13(8-14)12(11(15)16)6-4-10(3)5-7-12/h8-10H,4-7H2,1-3H3,(H,15,16). The average molecular weight is 227 g/mol. The molecule has 0 bridgehead atoms. The highest BCUT2D eigenvalue weighted by Crippen LogP contribution is 2.37. The number of hydrogen-bond donors (Lipinski definition) is 1. The Bertz CT molecular complexity index is 267. The number of rotatable bonds is 4. The minimum Gasteiger partial charge on any atom is -0.479 e. The van der Waals surface area contributed by atoms with E-state index in [9.17, 15) is 14.7 Å². The smallest absolute Gasteiger partial charge is 0.329 e. The second-order valence-corrected chi connectivity index (χ2v) is 5.13. The van der Waals surface area contributed by atoms with Crippen molar-refractivity contribution in [3.05, 3.63) is 0 Å². The summed E-state index contributed by atoms with van der Waals surface area (Å²) in [6.45, 7) is 5.85. The maximum Gasteiger partial charge on any atom is 0.329 e. The molecule has 92 valence electrons. The van der Waals surface area contributed by atoms with Crippen molar-refractivity contribution in [3.8, 4) is 0 Å². The van der Waals surface area contributed by atoms with Gasteiger partial charge < -0.3 is 10.0 Å². The largest absolute Gasteiger partial charge is 0.479 e. The molecule has 0 heterocycles. The highest BCUT2D eigenvalue weighted by atomic mass is 16.4. The number of hydrogen-bond acceptors (Lipinski definition) is 2. The van der Waals surface area contributed by atoms with Crippen LogP contribution >= 0.6 is 0 Å². The Hall–Kier alpha value is -1.06. The maximum atomic E-state index is 11.5. The fraction of sp³-hybridized carbons (Fsp3) is 0.833. The van der Waals surface area contributed by atoms with Gasteiger partial charge in [0.1, 0.15) is 5.54 Å². The molecule has 4 heteroatoms. The SMILES string of the molecule is CC1CCC(C(=O)O)(N(C=O)C(C)C)CC1. The van der Waals surface area contributed by atoms with E-state index in [1.54, 1.807) is 0 Å². The number of carboxylic acid groups (broad SMARTS) is 1. The molecule has 0 atom stereocenters. The Morgan fingerprint density at radius 2 is 1.94 bits per heavy atom. The van der Waals surface area contributed by atoms with Gasteiger partial charge >= 0.3 is 5.97 Å². The molecule has 0 saturated heterocycles. The summed E-state index contributed by atoms with van der Waals surface area (Å²) in [6.07, 6.45) is 3.59. The van der Waals surface area contributed by atoms with Crippen LogP contribution in [0, 0.1) is 5.92 Å². The predicted octanol–water partition coefficient (Wildman–Crippen LogP) is 1.89. The zero-order valence-electron chi connectivity index (χ0n) is 10.3. The molecule has 1 amide bonds. The van der Waals surface area contributed by atoms with E-state index < -0.39 is 11.5 Å². The number of carbonyl (C=O) groups is 2. The van der Waals surface area contributed by atoms with Crippen LogP contribution in [0.5, 0.6) is 0 Å². The molecule has 1 aliphatic carbocycles. The third kappa shape index (κ3) is 2.20. The second-order valence-electron chi connectivity index (χ2n) is 5.13. The van der Waals surface area contributed by atoms with Crippen molar-refractivity contribution in [2.45, 2.75) is 58.0 Å². The van der Waals surface area contributed by atoms with Crippen molar-refractivity contribution >= 4 is 12.4 Å². The summed E-state index contributed by atoms with van der Waals surface area (Å²) in [5.74, 6) is -0.298. The van der Waals surface area contributed by atoms with E-state index in [1.807, 2.05) is 13.8 Å². The Kier molecular flexibility index (Phi) is 3.94.